The third-order valence-electron chi connectivity index (χ3n) is 8.74. The van der Waals surface area contributed by atoms with Crippen molar-refractivity contribution >= 4 is 33.3 Å². The van der Waals surface area contributed by atoms with Crippen LogP contribution in [0.2, 0.25) is 5.02 Å². The van der Waals surface area contributed by atoms with E-state index in [9.17, 15) is 31.5 Å². The molecule has 0 radical (unpaired) electrons. The molecule has 1 saturated heterocycles. The predicted molar refractivity (Wildman–Crippen MR) is 175 cm³/mol. The fourth-order valence-corrected chi connectivity index (χ4v) is 7.10. The number of hydrogen-bond acceptors (Lipinski definition) is 6. The van der Waals surface area contributed by atoms with Crippen LogP contribution < -0.4 is 14.9 Å². The molecule has 3 N–H and O–H groups in total. The average molecular weight is 697 g/mol. The summed E-state index contributed by atoms with van der Waals surface area (Å²) in [7, 11) is -3.30. The molecule has 2 aliphatic rings. The van der Waals surface area contributed by atoms with Crippen LogP contribution >= 0.6 is 11.6 Å². The molecule has 5 rings (SSSR count). The topological polar surface area (TPSA) is 120 Å². The van der Waals surface area contributed by atoms with E-state index in [-0.39, 0.29) is 25.2 Å². The standard InChI is InChI=1S/C32H40ClF3N6O4S/c1-21-28(5-3-4-14-38-47(2,45)46)41(39-30(21)22-6-8-24(9-7-22)32(34,35)36)20-27(43)19-40-15-12-26(13-16-40)42-29-11-10-25(33)17-23(29)18-37-31(42)44/h6-11,17,26-27,38,43H,3-5,12-16,18-20H2,1-2H3,(H,37,44). The number of aliphatic hydroxyl groups is 1. The number of likely N-dealkylation sites (tertiary alicyclic amines) is 1. The van der Waals surface area contributed by atoms with Crippen molar-refractivity contribution in [2.45, 2.75) is 70.4 Å². The normalized spacial score (nSPS) is 17.1. The lowest BCUT2D eigenvalue weighted by Gasteiger charge is -2.41. The van der Waals surface area contributed by atoms with Gasteiger partial charge in [0.05, 0.1) is 35.8 Å². The largest absolute Gasteiger partial charge is 0.416 e. The maximum atomic E-state index is 13.2. The summed E-state index contributed by atoms with van der Waals surface area (Å²) in [4.78, 5) is 16.8. The number of rotatable bonds is 12. The first kappa shape index (κ1) is 35.1. The quantitative estimate of drug-likeness (QED) is 0.231. The molecule has 0 saturated carbocycles. The average Bonchev–Trinajstić information content (AvgIpc) is 3.30. The molecule has 3 aromatic rings. The smallest absolute Gasteiger partial charge is 0.390 e. The minimum atomic E-state index is -4.45. The van der Waals surface area contributed by atoms with Crippen molar-refractivity contribution in [1.29, 1.82) is 0 Å². The number of nitrogens with one attached hydrogen (secondary N) is 2. The van der Waals surface area contributed by atoms with E-state index < -0.39 is 27.9 Å². The first-order chi connectivity index (χ1) is 22.2. The molecule has 1 fully saturated rings. The lowest BCUT2D eigenvalue weighted by molar-refractivity contribution is -0.137. The molecule has 0 aliphatic carbocycles. The molecule has 10 nitrogen and oxygen atoms in total. The molecule has 1 aromatic heterocycles. The van der Waals surface area contributed by atoms with Gasteiger partial charge in [0.2, 0.25) is 10.0 Å². The number of nitrogens with zero attached hydrogens (tertiary/aromatic N) is 4. The highest BCUT2D eigenvalue weighted by Gasteiger charge is 2.34. The highest BCUT2D eigenvalue weighted by Crippen LogP contribution is 2.34. The van der Waals surface area contributed by atoms with Gasteiger partial charge >= 0.3 is 12.2 Å². The first-order valence-corrected chi connectivity index (χ1v) is 17.9. The number of aromatic nitrogens is 2. The summed E-state index contributed by atoms with van der Waals surface area (Å²) in [5, 5.41) is 19.5. The van der Waals surface area contributed by atoms with Gasteiger partial charge in [-0.1, -0.05) is 23.7 Å². The number of aliphatic hydroxyl groups excluding tert-OH is 1. The van der Waals surface area contributed by atoms with Crippen LogP contribution in [0.3, 0.4) is 0 Å². The molecule has 2 aliphatic heterocycles. The van der Waals surface area contributed by atoms with Gasteiger partial charge in [0.1, 0.15) is 0 Å². The molecule has 3 heterocycles. The number of fused-ring (bicyclic) bond motifs is 1. The van der Waals surface area contributed by atoms with Gasteiger partial charge in [-0.3, -0.25) is 9.58 Å². The first-order valence-electron chi connectivity index (χ1n) is 15.6. The Morgan fingerprint density at radius 2 is 1.81 bits per heavy atom. The Morgan fingerprint density at radius 1 is 1.11 bits per heavy atom. The summed E-state index contributed by atoms with van der Waals surface area (Å²) < 4.78 is 66.6. The van der Waals surface area contributed by atoms with E-state index in [1.165, 1.54) is 12.1 Å². The molecule has 0 spiro atoms. The number of hydrogen-bond donors (Lipinski definition) is 3. The molecular weight excluding hydrogens is 657 g/mol. The van der Waals surface area contributed by atoms with Crippen molar-refractivity contribution in [3.8, 4) is 11.3 Å². The van der Waals surface area contributed by atoms with E-state index in [0.29, 0.717) is 61.7 Å². The summed E-state index contributed by atoms with van der Waals surface area (Å²) in [6.07, 6.45) is -0.891. The molecule has 15 heteroatoms. The molecule has 1 unspecified atom stereocenters. The second-order valence-electron chi connectivity index (χ2n) is 12.3. The summed E-state index contributed by atoms with van der Waals surface area (Å²) in [6.45, 7) is 4.52. The van der Waals surface area contributed by atoms with Gasteiger partial charge in [0.25, 0.3) is 0 Å². The number of urea groups is 1. The van der Waals surface area contributed by atoms with Crippen molar-refractivity contribution in [3.63, 3.8) is 0 Å². The van der Waals surface area contributed by atoms with Crippen LogP contribution in [0, 0.1) is 6.92 Å². The van der Waals surface area contributed by atoms with Crippen LogP contribution in [0.25, 0.3) is 11.3 Å². The zero-order valence-corrected chi connectivity index (χ0v) is 27.9. The van der Waals surface area contributed by atoms with Crippen LogP contribution in [0.4, 0.5) is 23.7 Å². The number of β-amino-alcohol motifs (C(OH)–C–C–N with tert-alkyl or cyclic N) is 1. The van der Waals surface area contributed by atoms with Crippen molar-refractivity contribution in [2.24, 2.45) is 0 Å². The number of alkyl halides is 3. The molecule has 2 amide bonds. The third-order valence-corrected chi connectivity index (χ3v) is 9.70. The molecule has 1 atom stereocenters. The summed E-state index contributed by atoms with van der Waals surface area (Å²) in [5.74, 6) is 0. The zero-order chi connectivity index (χ0) is 33.9. The van der Waals surface area contributed by atoms with Crippen LogP contribution in [0.1, 0.15) is 48.1 Å². The van der Waals surface area contributed by atoms with Gasteiger partial charge in [0, 0.05) is 55.0 Å². The van der Waals surface area contributed by atoms with Gasteiger partial charge in [-0.2, -0.15) is 18.3 Å². The number of sulfonamides is 1. The molecule has 2 aromatic carbocycles. The Bertz CT molecular complexity index is 1670. The molecule has 256 valence electrons. The number of benzene rings is 2. The number of carbonyl (C=O) groups excluding carboxylic acids is 1. The number of unbranched alkanes of at least 4 members (excludes halogenated alkanes) is 1. The highest BCUT2D eigenvalue weighted by molar-refractivity contribution is 7.88. The van der Waals surface area contributed by atoms with Crippen LogP contribution in [-0.4, -0.2) is 78.8 Å². The second kappa shape index (κ2) is 14.5. The summed E-state index contributed by atoms with van der Waals surface area (Å²) in [6, 6.07) is 10.3. The molecule has 47 heavy (non-hydrogen) atoms. The number of halogens is 4. The lowest BCUT2D eigenvalue weighted by atomic mass is 9.99. The highest BCUT2D eigenvalue weighted by atomic mass is 35.5. The monoisotopic (exact) mass is 696 g/mol. The van der Waals surface area contributed by atoms with Gasteiger partial charge < -0.3 is 15.3 Å². The van der Waals surface area contributed by atoms with Crippen molar-refractivity contribution in [1.82, 2.24) is 24.7 Å². The van der Waals surface area contributed by atoms with Crippen molar-refractivity contribution < 1.29 is 31.5 Å². The predicted octanol–water partition coefficient (Wildman–Crippen LogP) is 4.96. The Labute approximate surface area is 277 Å². The van der Waals surface area contributed by atoms with Crippen LogP contribution in [0.5, 0.6) is 0 Å². The van der Waals surface area contributed by atoms with Crippen LogP contribution in [-0.2, 0) is 35.7 Å². The third kappa shape index (κ3) is 8.85. The fourth-order valence-electron chi connectivity index (χ4n) is 6.39. The van der Waals surface area contributed by atoms with Crippen LogP contribution in [0.15, 0.2) is 42.5 Å². The Kier molecular flexibility index (Phi) is 10.9. The van der Waals surface area contributed by atoms with Gasteiger partial charge in [-0.05, 0) is 80.5 Å². The SMILES string of the molecule is Cc1c(-c2ccc(C(F)(F)F)cc2)nn(CC(O)CN2CCC(N3C(=O)NCc4cc(Cl)ccc43)CC2)c1CCCCNS(C)(=O)=O. The number of anilines is 1. The minimum Gasteiger partial charge on any atom is -0.390 e. The van der Waals surface area contributed by atoms with E-state index in [2.05, 4.69) is 14.9 Å². The minimum absolute atomic E-state index is 0.00691. The lowest BCUT2D eigenvalue weighted by Crippen LogP contribution is -2.54. The van der Waals surface area contributed by atoms with E-state index >= 15 is 0 Å². The van der Waals surface area contributed by atoms with E-state index in [1.54, 1.807) is 10.7 Å². The Morgan fingerprint density at radius 3 is 2.47 bits per heavy atom. The fraction of sp³-hybridized carbons (Fsp3) is 0.500. The zero-order valence-electron chi connectivity index (χ0n) is 26.4. The maximum absolute atomic E-state index is 13.2. The van der Waals surface area contributed by atoms with E-state index in [1.807, 2.05) is 24.0 Å². The number of carbonyl (C=O) groups is 1. The van der Waals surface area contributed by atoms with E-state index in [0.717, 1.165) is 53.7 Å². The van der Waals surface area contributed by atoms with Gasteiger partial charge in [-0.15, -0.1) is 0 Å². The maximum Gasteiger partial charge on any atom is 0.416 e. The van der Waals surface area contributed by atoms with Crippen molar-refractivity contribution in [2.75, 3.05) is 37.3 Å². The number of amides is 2. The summed E-state index contributed by atoms with van der Waals surface area (Å²) >= 11 is 6.17. The second-order valence-corrected chi connectivity index (χ2v) is 14.6. The summed E-state index contributed by atoms with van der Waals surface area (Å²) in [5.41, 5.74) is 3.82. The van der Waals surface area contributed by atoms with E-state index in [4.69, 9.17) is 16.7 Å². The molecule has 0 bridgehead atoms. The molecular formula is C32H40ClF3N6O4S. The Balaban J connectivity index is 1.25. The van der Waals surface area contributed by atoms with Gasteiger partial charge in [-0.25, -0.2) is 17.9 Å². The van der Waals surface area contributed by atoms with Gasteiger partial charge in [0.15, 0.2) is 0 Å². The number of piperidine rings is 1. The Hall–Kier alpha value is -3.17. The van der Waals surface area contributed by atoms with Crippen molar-refractivity contribution in [3.05, 3.63) is 69.9 Å².